The maximum Gasteiger partial charge on any atom is 0.238 e. The smallest absolute Gasteiger partial charge is 0.238 e. The normalized spacial score (nSPS) is 13.1. The van der Waals surface area contributed by atoms with Gasteiger partial charge in [0.15, 0.2) is 0 Å². The maximum atomic E-state index is 13.8. The molecule has 29 heavy (non-hydrogen) atoms. The molecule has 0 bridgehead atoms. The van der Waals surface area contributed by atoms with Gasteiger partial charge in [0, 0.05) is 4.88 Å². The lowest BCUT2D eigenvalue weighted by molar-refractivity contribution is -0.115. The number of para-hydroxylation sites is 1. The van der Waals surface area contributed by atoms with Crippen molar-refractivity contribution < 1.29 is 13.6 Å². The molecular weight excluding hydrogens is 390 g/mol. The molecule has 2 aromatic carbocycles. The van der Waals surface area contributed by atoms with E-state index in [0.717, 1.165) is 29.0 Å². The number of hydrogen-bond acceptors (Lipinski definition) is 3. The lowest BCUT2D eigenvalue weighted by atomic mass is 9.95. The van der Waals surface area contributed by atoms with E-state index in [1.165, 1.54) is 11.6 Å². The van der Waals surface area contributed by atoms with E-state index in [-0.39, 0.29) is 12.6 Å². The number of benzene rings is 2. The Morgan fingerprint density at radius 3 is 2.24 bits per heavy atom. The van der Waals surface area contributed by atoms with E-state index in [1.54, 1.807) is 11.3 Å². The molecule has 0 aliphatic rings. The van der Waals surface area contributed by atoms with E-state index >= 15 is 0 Å². The molecule has 1 aromatic heterocycles. The summed E-state index contributed by atoms with van der Waals surface area (Å²) >= 11 is 1.59. The monoisotopic (exact) mass is 414 g/mol. The average Bonchev–Trinajstić information content (AvgIpc) is 3.25. The minimum Gasteiger partial charge on any atom is -0.320 e. The SMILES string of the molecule is CC[C@H](C)c1ccc([C@@H](NCC(=O)Nc2c(F)cccc2F)c2cccs2)cc1. The third-order valence-electron chi connectivity index (χ3n) is 4.97. The quantitative estimate of drug-likeness (QED) is 0.485. The Morgan fingerprint density at radius 1 is 1.00 bits per heavy atom. The van der Waals surface area contributed by atoms with Crippen LogP contribution < -0.4 is 10.6 Å². The molecule has 0 radical (unpaired) electrons. The van der Waals surface area contributed by atoms with Crippen LogP contribution in [0.3, 0.4) is 0 Å². The van der Waals surface area contributed by atoms with Crippen LogP contribution in [0, 0.1) is 11.6 Å². The van der Waals surface area contributed by atoms with Gasteiger partial charge in [-0.2, -0.15) is 0 Å². The van der Waals surface area contributed by atoms with Crippen molar-refractivity contribution >= 4 is 22.9 Å². The van der Waals surface area contributed by atoms with Crippen molar-refractivity contribution in [3.05, 3.63) is 87.6 Å². The van der Waals surface area contributed by atoms with Crippen molar-refractivity contribution in [1.82, 2.24) is 5.32 Å². The fourth-order valence-electron chi connectivity index (χ4n) is 3.09. The first kappa shape index (κ1) is 21.1. The van der Waals surface area contributed by atoms with E-state index in [9.17, 15) is 13.6 Å². The van der Waals surface area contributed by atoms with Crippen LogP contribution in [-0.2, 0) is 4.79 Å². The molecule has 0 saturated carbocycles. The topological polar surface area (TPSA) is 41.1 Å². The van der Waals surface area contributed by atoms with Gasteiger partial charge in [-0.05, 0) is 47.0 Å². The number of amides is 1. The molecule has 2 atom stereocenters. The second kappa shape index (κ2) is 9.76. The highest BCUT2D eigenvalue weighted by molar-refractivity contribution is 7.10. The van der Waals surface area contributed by atoms with Crippen LogP contribution in [0.2, 0.25) is 0 Å². The molecule has 0 aliphatic heterocycles. The van der Waals surface area contributed by atoms with Crippen molar-refractivity contribution in [1.29, 1.82) is 0 Å². The summed E-state index contributed by atoms with van der Waals surface area (Å²) in [5.41, 5.74) is 1.88. The molecule has 3 rings (SSSR count). The molecule has 3 nitrogen and oxygen atoms in total. The van der Waals surface area contributed by atoms with E-state index in [0.29, 0.717) is 5.92 Å². The largest absolute Gasteiger partial charge is 0.320 e. The number of hydrogen-bond donors (Lipinski definition) is 2. The van der Waals surface area contributed by atoms with Gasteiger partial charge in [0.1, 0.15) is 17.3 Å². The lowest BCUT2D eigenvalue weighted by Crippen LogP contribution is -2.32. The standard InChI is InChI=1S/C23H24F2N2OS/c1-3-15(2)16-9-11-17(12-10-16)22(20-8-5-13-29-20)26-14-21(28)27-23-18(24)6-4-7-19(23)25/h4-13,15,22,26H,3,14H2,1-2H3,(H,27,28)/t15-,22+/m0/s1. The fraction of sp³-hybridized carbons (Fsp3) is 0.261. The van der Waals surface area contributed by atoms with Gasteiger partial charge in [0.05, 0.1) is 12.6 Å². The summed E-state index contributed by atoms with van der Waals surface area (Å²) in [6.45, 7) is 4.27. The number of thiophene rings is 1. The van der Waals surface area contributed by atoms with Crippen molar-refractivity contribution in [2.45, 2.75) is 32.2 Å². The Bertz CT molecular complexity index is 922. The Balaban J connectivity index is 1.73. The molecule has 0 fully saturated rings. The van der Waals surface area contributed by atoms with Crippen molar-refractivity contribution in [3.8, 4) is 0 Å². The molecule has 0 unspecified atom stereocenters. The number of rotatable bonds is 8. The number of nitrogens with one attached hydrogen (secondary N) is 2. The molecular formula is C23H24F2N2OS. The first-order valence-corrected chi connectivity index (χ1v) is 10.5. The Morgan fingerprint density at radius 2 is 1.66 bits per heavy atom. The van der Waals surface area contributed by atoms with Crippen molar-refractivity contribution in [2.75, 3.05) is 11.9 Å². The second-order valence-electron chi connectivity index (χ2n) is 6.95. The first-order valence-electron chi connectivity index (χ1n) is 9.60. The van der Waals surface area contributed by atoms with Gasteiger partial charge in [0.25, 0.3) is 0 Å². The molecule has 1 amide bonds. The van der Waals surface area contributed by atoms with Crippen molar-refractivity contribution in [2.24, 2.45) is 0 Å². The zero-order valence-corrected chi connectivity index (χ0v) is 17.2. The van der Waals surface area contributed by atoms with Crippen LogP contribution in [0.4, 0.5) is 14.5 Å². The van der Waals surface area contributed by atoms with Crippen LogP contribution >= 0.6 is 11.3 Å². The summed E-state index contributed by atoms with van der Waals surface area (Å²) in [5, 5.41) is 7.51. The Hall–Kier alpha value is -2.57. The molecule has 152 valence electrons. The highest BCUT2D eigenvalue weighted by Gasteiger charge is 2.18. The van der Waals surface area contributed by atoms with Crippen LogP contribution in [0.15, 0.2) is 60.0 Å². The molecule has 2 N–H and O–H groups in total. The van der Waals surface area contributed by atoms with E-state index in [4.69, 9.17) is 0 Å². The predicted octanol–water partition coefficient (Wildman–Crippen LogP) is 5.86. The zero-order chi connectivity index (χ0) is 20.8. The van der Waals surface area contributed by atoms with Crippen LogP contribution in [0.1, 0.15) is 48.2 Å². The molecule has 6 heteroatoms. The summed E-state index contributed by atoms with van der Waals surface area (Å²) < 4.78 is 27.5. The van der Waals surface area contributed by atoms with Gasteiger partial charge < -0.3 is 5.32 Å². The number of anilines is 1. The molecule has 0 aliphatic carbocycles. The van der Waals surface area contributed by atoms with Crippen LogP contribution in [0.5, 0.6) is 0 Å². The van der Waals surface area contributed by atoms with Crippen molar-refractivity contribution in [3.63, 3.8) is 0 Å². The Kier molecular flexibility index (Phi) is 7.12. The van der Waals surface area contributed by atoms with Gasteiger partial charge in [-0.25, -0.2) is 8.78 Å². The fourth-order valence-corrected chi connectivity index (χ4v) is 3.91. The van der Waals surface area contributed by atoms with E-state index in [1.807, 2.05) is 17.5 Å². The number of carbonyl (C=O) groups is 1. The Labute approximate surface area is 173 Å². The summed E-state index contributed by atoms with van der Waals surface area (Å²) in [7, 11) is 0. The first-order chi connectivity index (χ1) is 14.0. The summed E-state index contributed by atoms with van der Waals surface area (Å²) in [6, 6.07) is 15.6. The summed E-state index contributed by atoms with van der Waals surface area (Å²) in [6.07, 6.45) is 1.07. The molecule has 0 saturated heterocycles. The highest BCUT2D eigenvalue weighted by atomic mass is 32.1. The summed E-state index contributed by atoms with van der Waals surface area (Å²) in [5.74, 6) is -1.62. The van der Waals surface area contributed by atoms with Gasteiger partial charge in [0.2, 0.25) is 5.91 Å². The zero-order valence-electron chi connectivity index (χ0n) is 16.4. The third kappa shape index (κ3) is 5.28. The van der Waals surface area contributed by atoms with Gasteiger partial charge in [-0.1, -0.05) is 50.2 Å². The lowest BCUT2D eigenvalue weighted by Gasteiger charge is -2.19. The highest BCUT2D eigenvalue weighted by Crippen LogP contribution is 2.28. The number of halogens is 2. The number of carbonyl (C=O) groups excluding carboxylic acids is 1. The third-order valence-corrected chi connectivity index (χ3v) is 5.91. The van der Waals surface area contributed by atoms with Crippen LogP contribution in [-0.4, -0.2) is 12.5 Å². The van der Waals surface area contributed by atoms with Crippen LogP contribution in [0.25, 0.3) is 0 Å². The molecule has 1 heterocycles. The van der Waals surface area contributed by atoms with Gasteiger partial charge in [-0.3, -0.25) is 10.1 Å². The van der Waals surface area contributed by atoms with E-state index in [2.05, 4.69) is 48.7 Å². The minimum absolute atomic E-state index is 0.0799. The van der Waals surface area contributed by atoms with Gasteiger partial charge >= 0.3 is 0 Å². The average molecular weight is 415 g/mol. The van der Waals surface area contributed by atoms with E-state index < -0.39 is 23.2 Å². The second-order valence-corrected chi connectivity index (χ2v) is 7.93. The summed E-state index contributed by atoms with van der Waals surface area (Å²) in [4.78, 5) is 13.4. The predicted molar refractivity (Wildman–Crippen MR) is 114 cm³/mol. The molecule has 0 spiro atoms. The maximum absolute atomic E-state index is 13.8. The minimum atomic E-state index is -0.797. The van der Waals surface area contributed by atoms with Gasteiger partial charge in [-0.15, -0.1) is 11.3 Å². The molecule has 3 aromatic rings.